The summed E-state index contributed by atoms with van der Waals surface area (Å²) in [5.41, 5.74) is 0.604. The first-order valence-corrected chi connectivity index (χ1v) is 10.8. The number of nitrogens with zero attached hydrogens (tertiary/aromatic N) is 1. The molecule has 4 nitrogen and oxygen atoms in total. The second kappa shape index (κ2) is 11.7. The van der Waals surface area contributed by atoms with Crippen LogP contribution in [0.5, 0.6) is 17.2 Å². The number of aliphatic hydroxyl groups excluding tert-OH is 1. The average Bonchev–Trinajstić information content (AvgIpc) is 2.82. The van der Waals surface area contributed by atoms with E-state index in [2.05, 4.69) is 4.74 Å². The highest BCUT2D eigenvalue weighted by molar-refractivity contribution is 5.52. The van der Waals surface area contributed by atoms with Gasteiger partial charge in [0.2, 0.25) is 0 Å². The number of anilines is 1. The van der Waals surface area contributed by atoms with Gasteiger partial charge in [0, 0.05) is 24.8 Å². The van der Waals surface area contributed by atoms with Crippen LogP contribution in [0.15, 0.2) is 72.8 Å². The molecule has 1 N–H and O–H groups in total. The van der Waals surface area contributed by atoms with Gasteiger partial charge in [0.15, 0.2) is 6.10 Å². The Morgan fingerprint density at radius 2 is 1.46 bits per heavy atom. The Labute approximate surface area is 206 Å². The Morgan fingerprint density at radius 1 is 0.811 bits per heavy atom. The van der Waals surface area contributed by atoms with Crippen LogP contribution in [0.2, 0.25) is 0 Å². The van der Waals surface area contributed by atoms with Crippen molar-refractivity contribution >= 4 is 5.69 Å². The first-order valence-electron chi connectivity index (χ1n) is 10.8. The number of aliphatic hydroxyl groups is 1. The van der Waals surface area contributed by atoms with Crippen LogP contribution in [0.25, 0.3) is 0 Å². The van der Waals surface area contributed by atoms with E-state index in [1.54, 1.807) is 18.2 Å². The number of alkyl halides is 7. The molecule has 0 fully saturated rings. The van der Waals surface area contributed by atoms with Crippen molar-refractivity contribution in [1.82, 2.24) is 0 Å². The highest BCUT2D eigenvalue weighted by atomic mass is 19.4. The molecule has 3 aromatic carbocycles. The van der Waals surface area contributed by atoms with Gasteiger partial charge in [0.05, 0.1) is 0 Å². The van der Waals surface area contributed by atoms with Gasteiger partial charge < -0.3 is 19.5 Å². The molecule has 3 aromatic rings. The average molecular weight is 535 g/mol. The minimum atomic E-state index is -4.85. The fourth-order valence-corrected chi connectivity index (χ4v) is 3.25. The van der Waals surface area contributed by atoms with Crippen LogP contribution >= 0.6 is 0 Å². The first-order chi connectivity index (χ1) is 17.3. The molecule has 0 amide bonds. The van der Waals surface area contributed by atoms with Crippen LogP contribution in [0.1, 0.15) is 12.0 Å². The van der Waals surface area contributed by atoms with Crippen molar-refractivity contribution in [3.8, 4) is 17.2 Å². The Hall–Kier alpha value is -3.54. The summed E-state index contributed by atoms with van der Waals surface area (Å²) in [5, 5.41) is 9.46. The normalized spacial score (nSPS) is 12.9. The molecule has 12 heteroatoms. The number of hydrogen-bond donors (Lipinski definition) is 1. The molecule has 3 rings (SSSR count). The molecule has 200 valence electrons. The smallest absolute Gasteiger partial charge is 0.457 e. The van der Waals surface area contributed by atoms with Crippen LogP contribution < -0.4 is 14.4 Å². The highest BCUT2D eigenvalue weighted by Gasteiger charge is 2.44. The van der Waals surface area contributed by atoms with E-state index in [1.807, 2.05) is 0 Å². The summed E-state index contributed by atoms with van der Waals surface area (Å²) in [6, 6.07) is 16.0. The van der Waals surface area contributed by atoms with Gasteiger partial charge in [-0.15, -0.1) is 0 Å². The molecule has 0 aliphatic carbocycles. The topological polar surface area (TPSA) is 41.9 Å². The van der Waals surface area contributed by atoms with Gasteiger partial charge in [-0.05, 0) is 60.5 Å². The zero-order chi connectivity index (χ0) is 27.2. The maximum absolute atomic E-state index is 13.3. The minimum absolute atomic E-state index is 0.151. The van der Waals surface area contributed by atoms with E-state index in [0.717, 1.165) is 12.1 Å². The van der Waals surface area contributed by atoms with Crippen LogP contribution in [0.4, 0.5) is 40.8 Å². The van der Waals surface area contributed by atoms with Crippen LogP contribution in [0, 0.1) is 5.82 Å². The number of hydrogen-bond acceptors (Lipinski definition) is 4. The fraction of sp³-hybridized carbons (Fsp3) is 0.280. The second-order valence-electron chi connectivity index (χ2n) is 7.93. The minimum Gasteiger partial charge on any atom is -0.457 e. The van der Waals surface area contributed by atoms with Crippen molar-refractivity contribution in [3.63, 3.8) is 0 Å². The molecule has 0 saturated carbocycles. The summed E-state index contributed by atoms with van der Waals surface area (Å²) < 4.78 is 113. The molecule has 1 atom stereocenters. The monoisotopic (exact) mass is 535 g/mol. The lowest BCUT2D eigenvalue weighted by molar-refractivity contribution is -0.253. The molecule has 37 heavy (non-hydrogen) atoms. The Kier molecular flexibility index (Phi) is 8.85. The fourth-order valence-electron chi connectivity index (χ4n) is 3.25. The third kappa shape index (κ3) is 8.24. The number of benzene rings is 3. The van der Waals surface area contributed by atoms with Gasteiger partial charge in [0.25, 0.3) is 0 Å². The van der Waals surface area contributed by atoms with Gasteiger partial charge in [-0.1, -0.05) is 18.2 Å². The van der Waals surface area contributed by atoms with Gasteiger partial charge in [0.1, 0.15) is 23.1 Å². The third-order valence-corrected chi connectivity index (χ3v) is 5.06. The molecular formula is C25H21F8NO3. The van der Waals surface area contributed by atoms with Crippen LogP contribution in [-0.2, 0) is 6.54 Å². The molecule has 0 aliphatic rings. The van der Waals surface area contributed by atoms with E-state index < -0.39 is 42.8 Å². The molecule has 1 unspecified atom stereocenters. The van der Waals surface area contributed by atoms with E-state index in [1.165, 1.54) is 47.4 Å². The van der Waals surface area contributed by atoms with Crippen LogP contribution in [0.3, 0.4) is 0 Å². The Bertz CT molecular complexity index is 1160. The quantitative estimate of drug-likeness (QED) is 0.264. The van der Waals surface area contributed by atoms with Crippen molar-refractivity contribution in [2.45, 2.75) is 37.8 Å². The van der Waals surface area contributed by atoms with Crippen molar-refractivity contribution in [2.75, 3.05) is 11.4 Å². The lowest BCUT2D eigenvalue weighted by atomic mass is 10.1. The Morgan fingerprint density at radius 3 is 2.11 bits per heavy atom. The number of rotatable bonds is 11. The lowest BCUT2D eigenvalue weighted by Crippen LogP contribution is -2.34. The summed E-state index contributed by atoms with van der Waals surface area (Å²) in [6.45, 7) is -0.471. The SMILES string of the molecule is OC(CCN(Cc1cccc(OC(F)(F)C(F)F)c1)c1cccc(Oc2ccc(F)cc2)c1)C(F)(F)F. The molecule has 0 radical (unpaired) electrons. The van der Waals surface area contributed by atoms with E-state index in [-0.39, 0.29) is 24.4 Å². The van der Waals surface area contributed by atoms with Gasteiger partial charge in [-0.25, -0.2) is 4.39 Å². The van der Waals surface area contributed by atoms with E-state index in [9.17, 15) is 40.2 Å². The summed E-state index contributed by atoms with van der Waals surface area (Å²) >= 11 is 0. The summed E-state index contributed by atoms with van der Waals surface area (Å²) in [5.74, 6) is -0.485. The predicted octanol–water partition coefficient (Wildman–Crippen LogP) is 7.17. The molecule has 0 heterocycles. The Balaban J connectivity index is 1.85. The maximum Gasteiger partial charge on any atom is 0.461 e. The third-order valence-electron chi connectivity index (χ3n) is 5.06. The van der Waals surface area contributed by atoms with Gasteiger partial charge in [-0.3, -0.25) is 0 Å². The van der Waals surface area contributed by atoms with Gasteiger partial charge >= 0.3 is 18.7 Å². The van der Waals surface area contributed by atoms with E-state index in [4.69, 9.17) is 4.74 Å². The zero-order valence-electron chi connectivity index (χ0n) is 18.9. The van der Waals surface area contributed by atoms with Crippen molar-refractivity contribution in [3.05, 3.63) is 84.2 Å². The van der Waals surface area contributed by atoms with E-state index >= 15 is 0 Å². The molecule has 0 aromatic heterocycles. The number of halogens is 8. The summed E-state index contributed by atoms with van der Waals surface area (Å²) in [6.07, 6.45) is -17.0. The standard InChI is InChI=1S/C25H21F8NO3/c26-17-7-9-19(10-8-17)36-20-5-2-4-18(14-20)34(12-11-22(35)24(29,30)31)15-16-3-1-6-21(13-16)37-25(32,33)23(27)28/h1-10,13-14,22-23,35H,11-12,15H2. The van der Waals surface area contributed by atoms with Crippen molar-refractivity contribution in [1.29, 1.82) is 0 Å². The highest BCUT2D eigenvalue weighted by Crippen LogP contribution is 2.31. The molecule has 0 bridgehead atoms. The largest absolute Gasteiger partial charge is 0.461 e. The predicted molar refractivity (Wildman–Crippen MR) is 119 cm³/mol. The lowest BCUT2D eigenvalue weighted by Gasteiger charge is -2.27. The molecule has 0 spiro atoms. The zero-order valence-corrected chi connectivity index (χ0v) is 18.9. The summed E-state index contributed by atoms with van der Waals surface area (Å²) in [7, 11) is 0. The van der Waals surface area contributed by atoms with Crippen molar-refractivity contribution in [2.24, 2.45) is 0 Å². The van der Waals surface area contributed by atoms with Crippen molar-refractivity contribution < 1.29 is 49.7 Å². The van der Waals surface area contributed by atoms with Gasteiger partial charge in [-0.2, -0.15) is 30.7 Å². The molecule has 0 saturated heterocycles. The van der Waals surface area contributed by atoms with E-state index in [0.29, 0.717) is 11.4 Å². The number of ether oxygens (including phenoxy) is 2. The summed E-state index contributed by atoms with van der Waals surface area (Å²) in [4.78, 5) is 1.41. The van der Waals surface area contributed by atoms with Crippen LogP contribution in [-0.4, -0.2) is 36.5 Å². The first kappa shape index (κ1) is 28.0. The molecular weight excluding hydrogens is 514 g/mol. The maximum atomic E-state index is 13.3. The second-order valence-corrected chi connectivity index (χ2v) is 7.93. The molecule has 0 aliphatic heterocycles.